The predicted octanol–water partition coefficient (Wildman–Crippen LogP) is 3.48. The molecule has 0 saturated carbocycles. The fourth-order valence-electron chi connectivity index (χ4n) is 2.11. The SMILES string of the molecule is Cc1cc(-c2nnc(SCC(=O)Nc3nncs3)n2C(C)C)cs1. The van der Waals surface area contributed by atoms with Gasteiger partial charge in [-0.2, -0.15) is 0 Å². The highest BCUT2D eigenvalue weighted by molar-refractivity contribution is 7.99. The number of aryl methyl sites for hydroxylation is 1. The van der Waals surface area contributed by atoms with Gasteiger partial charge in [-0.3, -0.25) is 14.7 Å². The zero-order valence-corrected chi connectivity index (χ0v) is 15.8. The molecule has 3 aromatic rings. The third-order valence-corrected chi connectivity index (χ3v) is 5.52. The molecule has 1 amide bonds. The van der Waals surface area contributed by atoms with Crippen molar-refractivity contribution in [2.45, 2.75) is 32.0 Å². The number of thioether (sulfide) groups is 1. The summed E-state index contributed by atoms with van der Waals surface area (Å²) in [4.78, 5) is 13.2. The van der Waals surface area contributed by atoms with E-state index in [0.29, 0.717) is 5.13 Å². The molecule has 24 heavy (non-hydrogen) atoms. The average Bonchev–Trinajstić information content (AvgIpc) is 3.24. The molecule has 0 radical (unpaired) electrons. The highest BCUT2D eigenvalue weighted by atomic mass is 32.2. The van der Waals surface area contributed by atoms with Gasteiger partial charge < -0.3 is 0 Å². The molecule has 3 heterocycles. The summed E-state index contributed by atoms with van der Waals surface area (Å²) in [6.07, 6.45) is 0. The van der Waals surface area contributed by atoms with Crippen molar-refractivity contribution in [2.75, 3.05) is 11.1 Å². The van der Waals surface area contributed by atoms with E-state index in [4.69, 9.17) is 0 Å². The number of anilines is 1. The molecule has 0 aliphatic carbocycles. The number of rotatable bonds is 6. The van der Waals surface area contributed by atoms with Crippen molar-refractivity contribution >= 4 is 45.5 Å². The van der Waals surface area contributed by atoms with Crippen LogP contribution < -0.4 is 5.32 Å². The van der Waals surface area contributed by atoms with Crippen LogP contribution in [0.5, 0.6) is 0 Å². The molecule has 126 valence electrons. The highest BCUT2D eigenvalue weighted by Crippen LogP contribution is 2.30. The van der Waals surface area contributed by atoms with E-state index in [9.17, 15) is 4.79 Å². The lowest BCUT2D eigenvalue weighted by molar-refractivity contribution is -0.113. The third-order valence-electron chi connectivity index (χ3n) is 3.11. The van der Waals surface area contributed by atoms with Crippen molar-refractivity contribution in [3.63, 3.8) is 0 Å². The molecule has 0 fully saturated rings. The molecule has 0 aliphatic rings. The number of carbonyl (C=O) groups is 1. The first kappa shape index (κ1) is 17.1. The van der Waals surface area contributed by atoms with Crippen LogP contribution in [-0.4, -0.2) is 36.6 Å². The monoisotopic (exact) mass is 380 g/mol. The van der Waals surface area contributed by atoms with Gasteiger partial charge in [0, 0.05) is 21.9 Å². The van der Waals surface area contributed by atoms with Crippen LogP contribution in [0.15, 0.2) is 22.1 Å². The van der Waals surface area contributed by atoms with Crippen LogP contribution >= 0.6 is 34.4 Å². The molecule has 3 aromatic heterocycles. The molecule has 0 spiro atoms. The van der Waals surface area contributed by atoms with Gasteiger partial charge in [0.25, 0.3) is 0 Å². The Morgan fingerprint density at radius 2 is 2.17 bits per heavy atom. The van der Waals surface area contributed by atoms with Gasteiger partial charge in [-0.1, -0.05) is 23.1 Å². The Labute approximate surface area is 151 Å². The van der Waals surface area contributed by atoms with E-state index in [1.165, 1.54) is 28.0 Å². The second kappa shape index (κ2) is 7.41. The van der Waals surface area contributed by atoms with E-state index in [1.54, 1.807) is 16.8 Å². The summed E-state index contributed by atoms with van der Waals surface area (Å²) < 4.78 is 2.06. The number of amides is 1. The molecule has 3 rings (SSSR count). The minimum Gasteiger partial charge on any atom is -0.300 e. The molecule has 0 bridgehead atoms. The molecule has 0 aromatic carbocycles. The fourth-order valence-corrected chi connectivity index (χ4v) is 4.12. The summed E-state index contributed by atoms with van der Waals surface area (Å²) in [5, 5.41) is 22.1. The van der Waals surface area contributed by atoms with Gasteiger partial charge in [0.2, 0.25) is 11.0 Å². The van der Waals surface area contributed by atoms with Crippen LogP contribution in [0, 0.1) is 6.92 Å². The summed E-state index contributed by atoms with van der Waals surface area (Å²) in [5.41, 5.74) is 2.64. The molecular weight excluding hydrogens is 364 g/mol. The molecule has 0 unspecified atom stereocenters. The number of thiophene rings is 1. The molecule has 0 atom stereocenters. The molecule has 0 aliphatic heterocycles. The second-order valence-corrected chi connectivity index (χ2v) is 8.19. The number of hydrogen-bond acceptors (Lipinski definition) is 8. The Bertz CT molecular complexity index is 824. The van der Waals surface area contributed by atoms with Crippen molar-refractivity contribution < 1.29 is 4.79 Å². The molecule has 0 saturated heterocycles. The van der Waals surface area contributed by atoms with Crippen LogP contribution in [-0.2, 0) is 4.79 Å². The topological polar surface area (TPSA) is 85.6 Å². The predicted molar refractivity (Wildman–Crippen MR) is 97.7 cm³/mol. The fraction of sp³-hybridized carbons (Fsp3) is 0.357. The van der Waals surface area contributed by atoms with Crippen LogP contribution in [0.3, 0.4) is 0 Å². The van der Waals surface area contributed by atoms with Gasteiger partial charge in [0.05, 0.1) is 5.75 Å². The summed E-state index contributed by atoms with van der Waals surface area (Å²) in [7, 11) is 0. The second-order valence-electron chi connectivity index (χ2n) is 5.30. The Hall–Kier alpha value is -1.78. The van der Waals surface area contributed by atoms with Crippen LogP contribution in [0.25, 0.3) is 11.4 Å². The van der Waals surface area contributed by atoms with Crippen LogP contribution in [0.4, 0.5) is 5.13 Å². The van der Waals surface area contributed by atoms with E-state index in [2.05, 4.69) is 62.5 Å². The van der Waals surface area contributed by atoms with Gasteiger partial charge >= 0.3 is 0 Å². The number of aromatic nitrogens is 5. The summed E-state index contributed by atoms with van der Waals surface area (Å²) >= 11 is 4.34. The smallest absolute Gasteiger partial charge is 0.236 e. The van der Waals surface area contributed by atoms with Gasteiger partial charge in [0.1, 0.15) is 5.51 Å². The quantitative estimate of drug-likeness (QED) is 0.659. The van der Waals surface area contributed by atoms with E-state index in [-0.39, 0.29) is 17.7 Å². The van der Waals surface area contributed by atoms with E-state index >= 15 is 0 Å². The number of nitrogens with zero attached hydrogens (tertiary/aromatic N) is 5. The first-order valence-electron chi connectivity index (χ1n) is 7.24. The molecular formula is C14H16N6OS3. The van der Waals surface area contributed by atoms with Gasteiger partial charge in [0.15, 0.2) is 11.0 Å². The van der Waals surface area contributed by atoms with Gasteiger partial charge in [-0.25, -0.2) is 0 Å². The normalized spacial score (nSPS) is 11.2. The first-order valence-corrected chi connectivity index (χ1v) is 9.98. The van der Waals surface area contributed by atoms with Crippen molar-refractivity contribution in [1.29, 1.82) is 0 Å². The first-order chi connectivity index (χ1) is 11.5. The van der Waals surface area contributed by atoms with Crippen LogP contribution in [0.1, 0.15) is 24.8 Å². The summed E-state index contributed by atoms with van der Waals surface area (Å²) in [6, 6.07) is 2.30. The zero-order valence-electron chi connectivity index (χ0n) is 13.4. The summed E-state index contributed by atoms with van der Waals surface area (Å²) in [6.45, 7) is 6.23. The van der Waals surface area contributed by atoms with Crippen molar-refractivity contribution in [3.8, 4) is 11.4 Å². The maximum Gasteiger partial charge on any atom is 0.236 e. The standard InChI is InChI=1S/C14H16N6OS3/c1-8(2)20-12(10-4-9(3)22-5-10)17-19-14(20)23-6-11(21)16-13-18-15-7-24-13/h4-5,7-8H,6H2,1-3H3,(H,16,18,21). The molecule has 1 N–H and O–H groups in total. The number of hydrogen-bond donors (Lipinski definition) is 1. The van der Waals surface area contributed by atoms with Gasteiger partial charge in [-0.15, -0.1) is 31.7 Å². The lowest BCUT2D eigenvalue weighted by Crippen LogP contribution is -2.15. The lowest BCUT2D eigenvalue weighted by atomic mass is 10.3. The van der Waals surface area contributed by atoms with Crippen LogP contribution in [0.2, 0.25) is 0 Å². The Balaban J connectivity index is 1.73. The maximum absolute atomic E-state index is 12.0. The third kappa shape index (κ3) is 3.82. The van der Waals surface area contributed by atoms with E-state index in [1.807, 2.05) is 0 Å². The molecule has 7 nitrogen and oxygen atoms in total. The Kier molecular flexibility index (Phi) is 5.27. The lowest BCUT2D eigenvalue weighted by Gasteiger charge is -2.12. The van der Waals surface area contributed by atoms with E-state index < -0.39 is 0 Å². The minimum absolute atomic E-state index is 0.136. The number of carbonyl (C=O) groups excluding carboxylic acids is 1. The zero-order chi connectivity index (χ0) is 17.1. The maximum atomic E-state index is 12.0. The van der Waals surface area contributed by atoms with Crippen molar-refractivity contribution in [1.82, 2.24) is 25.0 Å². The summed E-state index contributed by atoms with van der Waals surface area (Å²) in [5.74, 6) is 0.942. The Morgan fingerprint density at radius 3 is 2.79 bits per heavy atom. The Morgan fingerprint density at radius 1 is 1.33 bits per heavy atom. The number of nitrogens with one attached hydrogen (secondary N) is 1. The average molecular weight is 381 g/mol. The van der Waals surface area contributed by atoms with E-state index in [0.717, 1.165) is 16.5 Å². The molecule has 10 heteroatoms. The van der Waals surface area contributed by atoms with Crippen molar-refractivity contribution in [2.24, 2.45) is 0 Å². The van der Waals surface area contributed by atoms with Crippen molar-refractivity contribution in [3.05, 3.63) is 21.8 Å². The largest absolute Gasteiger partial charge is 0.300 e. The van der Waals surface area contributed by atoms with Gasteiger partial charge in [-0.05, 0) is 26.8 Å². The highest BCUT2D eigenvalue weighted by Gasteiger charge is 2.18. The minimum atomic E-state index is -0.136.